The maximum absolute atomic E-state index is 10.4. The molecule has 0 atom stereocenters. The van der Waals surface area contributed by atoms with Crippen molar-refractivity contribution in [2.75, 3.05) is 14.2 Å². The molecule has 5 nitrogen and oxygen atoms in total. The predicted molar refractivity (Wildman–Crippen MR) is 94.2 cm³/mol. The summed E-state index contributed by atoms with van der Waals surface area (Å²) in [6, 6.07) is 1.90. The van der Waals surface area contributed by atoms with Gasteiger partial charge in [0, 0.05) is 12.0 Å². The van der Waals surface area contributed by atoms with E-state index in [1.807, 2.05) is 13.0 Å². The molecule has 1 rings (SSSR count). The van der Waals surface area contributed by atoms with Gasteiger partial charge in [0.15, 0.2) is 11.5 Å². The molecule has 0 aromatic heterocycles. The Kier molecular flexibility index (Phi) is 9.05. The molecule has 0 aliphatic rings. The molecule has 24 heavy (non-hydrogen) atoms. The maximum atomic E-state index is 10.4. The van der Waals surface area contributed by atoms with Gasteiger partial charge in [-0.3, -0.25) is 4.79 Å². The lowest BCUT2D eigenvalue weighted by molar-refractivity contribution is -0.137. The zero-order valence-corrected chi connectivity index (χ0v) is 15.1. The smallest absolute Gasteiger partial charge is 0.303 e. The number of carboxylic acid groups (broad SMARTS) is 1. The van der Waals surface area contributed by atoms with Crippen LogP contribution in [-0.4, -0.2) is 30.4 Å². The van der Waals surface area contributed by atoms with E-state index in [0.717, 1.165) is 62.5 Å². The van der Waals surface area contributed by atoms with Crippen LogP contribution in [0.1, 0.15) is 62.5 Å². The van der Waals surface area contributed by atoms with Gasteiger partial charge in [-0.1, -0.05) is 32.1 Å². The van der Waals surface area contributed by atoms with Crippen LogP contribution in [0.2, 0.25) is 0 Å². The first-order valence-corrected chi connectivity index (χ1v) is 8.66. The number of benzene rings is 1. The number of phenols is 1. The quantitative estimate of drug-likeness (QED) is 0.550. The molecule has 1 aromatic carbocycles. The van der Waals surface area contributed by atoms with E-state index in [1.54, 1.807) is 7.11 Å². The monoisotopic (exact) mass is 338 g/mol. The topological polar surface area (TPSA) is 76.0 Å². The molecule has 0 unspecified atom stereocenters. The van der Waals surface area contributed by atoms with Gasteiger partial charge in [0.25, 0.3) is 0 Å². The highest BCUT2D eigenvalue weighted by Gasteiger charge is 2.16. The van der Waals surface area contributed by atoms with Gasteiger partial charge in [0.2, 0.25) is 5.75 Å². The molecule has 0 aliphatic heterocycles. The molecule has 136 valence electrons. The number of aryl methyl sites for hydroxylation is 1. The number of methoxy groups -OCH3 is 2. The van der Waals surface area contributed by atoms with E-state index in [0.29, 0.717) is 11.5 Å². The van der Waals surface area contributed by atoms with Crippen molar-refractivity contribution in [1.29, 1.82) is 0 Å². The third-order valence-electron chi connectivity index (χ3n) is 4.29. The third-order valence-corrected chi connectivity index (χ3v) is 4.29. The predicted octanol–water partition coefficient (Wildman–Crippen LogP) is 4.47. The number of unbranched alkanes of at least 4 members (excludes halogenated alkanes) is 6. The van der Waals surface area contributed by atoms with Crippen molar-refractivity contribution in [1.82, 2.24) is 0 Å². The average Bonchev–Trinajstić information content (AvgIpc) is 2.54. The fraction of sp³-hybridized carbons (Fsp3) is 0.632. The number of phenolic OH excluding ortho intramolecular Hbond substituents is 1. The lowest BCUT2D eigenvalue weighted by Gasteiger charge is -2.15. The molecule has 0 spiro atoms. The molecule has 0 saturated carbocycles. The second kappa shape index (κ2) is 10.8. The van der Waals surface area contributed by atoms with Crippen molar-refractivity contribution >= 4 is 5.97 Å². The Bertz CT molecular complexity index is 525. The summed E-state index contributed by atoms with van der Waals surface area (Å²) in [5, 5.41) is 18.9. The summed E-state index contributed by atoms with van der Waals surface area (Å²) in [6.45, 7) is 1.97. The number of aliphatic carboxylic acids is 1. The fourth-order valence-electron chi connectivity index (χ4n) is 2.92. The Labute approximate surface area is 144 Å². The van der Waals surface area contributed by atoms with Crippen LogP contribution in [0.3, 0.4) is 0 Å². The third kappa shape index (κ3) is 6.30. The number of carbonyl (C=O) groups is 1. The van der Waals surface area contributed by atoms with Crippen molar-refractivity contribution in [3.8, 4) is 17.2 Å². The number of aromatic hydroxyl groups is 1. The highest BCUT2D eigenvalue weighted by Crippen LogP contribution is 2.41. The van der Waals surface area contributed by atoms with Crippen LogP contribution >= 0.6 is 0 Å². The Morgan fingerprint density at radius 1 is 1.00 bits per heavy atom. The van der Waals surface area contributed by atoms with Crippen LogP contribution in [0.5, 0.6) is 17.2 Å². The minimum absolute atomic E-state index is 0.183. The summed E-state index contributed by atoms with van der Waals surface area (Å²) in [4.78, 5) is 10.4. The zero-order valence-electron chi connectivity index (χ0n) is 15.1. The molecule has 0 saturated heterocycles. The first-order valence-electron chi connectivity index (χ1n) is 8.66. The summed E-state index contributed by atoms with van der Waals surface area (Å²) >= 11 is 0. The van der Waals surface area contributed by atoms with Gasteiger partial charge in [-0.2, -0.15) is 0 Å². The van der Waals surface area contributed by atoms with E-state index in [1.165, 1.54) is 7.11 Å². The summed E-state index contributed by atoms with van der Waals surface area (Å²) in [7, 11) is 3.09. The zero-order chi connectivity index (χ0) is 17.9. The molecular weight excluding hydrogens is 308 g/mol. The normalized spacial score (nSPS) is 10.6. The highest BCUT2D eigenvalue weighted by atomic mass is 16.5. The molecule has 2 N–H and O–H groups in total. The van der Waals surface area contributed by atoms with E-state index in [4.69, 9.17) is 14.6 Å². The van der Waals surface area contributed by atoms with Gasteiger partial charge in [-0.05, 0) is 37.8 Å². The Balaban J connectivity index is 2.34. The molecular formula is C19H30O5. The number of hydrogen-bond donors (Lipinski definition) is 2. The Morgan fingerprint density at radius 3 is 2.12 bits per heavy atom. The van der Waals surface area contributed by atoms with E-state index in [-0.39, 0.29) is 12.2 Å². The van der Waals surface area contributed by atoms with Gasteiger partial charge in [0.05, 0.1) is 14.2 Å². The van der Waals surface area contributed by atoms with Crippen LogP contribution in [0.4, 0.5) is 0 Å². The van der Waals surface area contributed by atoms with Crippen LogP contribution in [-0.2, 0) is 11.2 Å². The Morgan fingerprint density at radius 2 is 1.58 bits per heavy atom. The van der Waals surface area contributed by atoms with Crippen LogP contribution < -0.4 is 9.47 Å². The summed E-state index contributed by atoms with van der Waals surface area (Å²) < 4.78 is 10.5. The molecule has 1 aromatic rings. The SMILES string of the molecule is COc1cc(C)c(CCCCCCCCCC(=O)O)c(O)c1OC. The highest BCUT2D eigenvalue weighted by molar-refractivity contribution is 5.66. The average molecular weight is 338 g/mol. The molecule has 5 heteroatoms. The standard InChI is InChI=1S/C19H30O5/c1-14-13-16(23-2)19(24-3)18(22)15(14)11-9-7-5-4-6-8-10-12-17(20)21/h13,22H,4-12H2,1-3H3,(H,20,21). The van der Waals surface area contributed by atoms with Gasteiger partial charge in [0.1, 0.15) is 0 Å². The van der Waals surface area contributed by atoms with Crippen LogP contribution in [0, 0.1) is 6.92 Å². The second-order valence-electron chi connectivity index (χ2n) is 6.12. The van der Waals surface area contributed by atoms with Gasteiger partial charge in [-0.25, -0.2) is 0 Å². The van der Waals surface area contributed by atoms with E-state index >= 15 is 0 Å². The molecule has 0 heterocycles. The minimum Gasteiger partial charge on any atom is -0.504 e. The van der Waals surface area contributed by atoms with Gasteiger partial charge < -0.3 is 19.7 Å². The van der Waals surface area contributed by atoms with E-state index < -0.39 is 5.97 Å². The summed E-state index contributed by atoms with van der Waals surface area (Å²) in [5.41, 5.74) is 1.94. The van der Waals surface area contributed by atoms with Crippen molar-refractivity contribution in [3.05, 3.63) is 17.2 Å². The number of hydrogen-bond acceptors (Lipinski definition) is 4. The van der Waals surface area contributed by atoms with Crippen molar-refractivity contribution in [2.24, 2.45) is 0 Å². The lowest BCUT2D eigenvalue weighted by atomic mass is 9.99. The second-order valence-corrected chi connectivity index (χ2v) is 6.12. The van der Waals surface area contributed by atoms with E-state index in [2.05, 4.69) is 0 Å². The summed E-state index contributed by atoms with van der Waals surface area (Å²) in [5.74, 6) is 0.428. The van der Waals surface area contributed by atoms with Crippen molar-refractivity contribution in [3.63, 3.8) is 0 Å². The summed E-state index contributed by atoms with van der Waals surface area (Å²) in [6.07, 6.45) is 8.33. The Hall–Kier alpha value is -1.91. The number of rotatable bonds is 12. The first-order chi connectivity index (χ1) is 11.5. The molecule has 0 fully saturated rings. The van der Waals surface area contributed by atoms with Crippen LogP contribution in [0.15, 0.2) is 6.07 Å². The maximum Gasteiger partial charge on any atom is 0.303 e. The minimum atomic E-state index is -0.708. The molecule has 0 radical (unpaired) electrons. The molecule has 0 aliphatic carbocycles. The fourth-order valence-corrected chi connectivity index (χ4v) is 2.92. The number of carboxylic acids is 1. The van der Waals surface area contributed by atoms with E-state index in [9.17, 15) is 9.90 Å². The van der Waals surface area contributed by atoms with Crippen molar-refractivity contribution < 1.29 is 24.5 Å². The molecule has 0 amide bonds. The van der Waals surface area contributed by atoms with Crippen molar-refractivity contribution in [2.45, 2.75) is 64.7 Å². The first kappa shape index (κ1) is 20.1. The van der Waals surface area contributed by atoms with Crippen LogP contribution in [0.25, 0.3) is 0 Å². The van der Waals surface area contributed by atoms with Gasteiger partial charge in [-0.15, -0.1) is 0 Å². The largest absolute Gasteiger partial charge is 0.504 e. The van der Waals surface area contributed by atoms with Gasteiger partial charge >= 0.3 is 5.97 Å². The number of ether oxygens (including phenoxy) is 2. The molecule has 0 bridgehead atoms. The lowest BCUT2D eigenvalue weighted by Crippen LogP contribution is -1.98.